The summed E-state index contributed by atoms with van der Waals surface area (Å²) in [4.78, 5) is 12.0. The average Bonchev–Trinajstić information content (AvgIpc) is 3.46. The van der Waals surface area contributed by atoms with Crippen LogP contribution in [0.25, 0.3) is 10.6 Å². The number of nitrogens with zero attached hydrogens (tertiary/aromatic N) is 3. The van der Waals surface area contributed by atoms with E-state index in [1.807, 2.05) is 6.07 Å². The van der Waals surface area contributed by atoms with Crippen molar-refractivity contribution in [1.82, 2.24) is 15.2 Å². The Kier molecular flexibility index (Phi) is 9.35. The molecule has 2 atom stereocenters. The van der Waals surface area contributed by atoms with Gasteiger partial charge in [-0.25, -0.2) is 4.98 Å². The molecule has 1 N–H and O–H groups in total. The summed E-state index contributed by atoms with van der Waals surface area (Å²) in [7, 11) is 0. The third kappa shape index (κ3) is 6.15. The number of guanidine groups is 1. The van der Waals surface area contributed by atoms with Crippen molar-refractivity contribution in [1.29, 1.82) is 0 Å². The van der Waals surface area contributed by atoms with E-state index in [2.05, 4.69) is 46.8 Å². The maximum Gasteiger partial charge on any atom is 0.194 e. The molecule has 0 spiro atoms. The molecule has 3 heterocycles. The first-order chi connectivity index (χ1) is 14.3. The van der Waals surface area contributed by atoms with Crippen molar-refractivity contribution in [2.75, 3.05) is 39.4 Å². The highest BCUT2D eigenvalue weighted by Gasteiger charge is 2.32. The number of aliphatic imine (C=N–C) groups is 1. The zero-order valence-corrected chi connectivity index (χ0v) is 20.6. The van der Waals surface area contributed by atoms with Crippen LogP contribution in [0.4, 0.5) is 0 Å². The van der Waals surface area contributed by atoms with E-state index in [-0.39, 0.29) is 36.2 Å². The van der Waals surface area contributed by atoms with Crippen LogP contribution in [0.3, 0.4) is 0 Å². The highest BCUT2D eigenvalue weighted by atomic mass is 127. The second-order valence-electron chi connectivity index (χ2n) is 7.40. The SMILES string of the molecule is CCNC(=NCCc1csc(-c2ccccc2)n1)N1CCOC(C2CCCO2)C1.I. The minimum atomic E-state index is 0. The molecule has 1 aromatic heterocycles. The lowest BCUT2D eigenvalue weighted by atomic mass is 10.1. The van der Waals surface area contributed by atoms with Crippen molar-refractivity contribution in [2.24, 2.45) is 4.99 Å². The van der Waals surface area contributed by atoms with Gasteiger partial charge in [0.2, 0.25) is 0 Å². The second-order valence-corrected chi connectivity index (χ2v) is 8.26. The first-order valence-electron chi connectivity index (χ1n) is 10.6. The maximum absolute atomic E-state index is 5.98. The van der Waals surface area contributed by atoms with Gasteiger partial charge in [0.25, 0.3) is 0 Å². The highest BCUT2D eigenvalue weighted by molar-refractivity contribution is 14.0. The van der Waals surface area contributed by atoms with Crippen LogP contribution in [0.5, 0.6) is 0 Å². The fourth-order valence-corrected chi connectivity index (χ4v) is 4.69. The van der Waals surface area contributed by atoms with Gasteiger partial charge in [-0.3, -0.25) is 4.99 Å². The molecule has 1 aromatic carbocycles. The predicted octanol–water partition coefficient (Wildman–Crippen LogP) is 3.82. The summed E-state index contributed by atoms with van der Waals surface area (Å²) in [6.07, 6.45) is 3.45. The van der Waals surface area contributed by atoms with Gasteiger partial charge >= 0.3 is 0 Å². The van der Waals surface area contributed by atoms with E-state index in [1.54, 1.807) is 11.3 Å². The van der Waals surface area contributed by atoms with Gasteiger partial charge in [0.1, 0.15) is 11.1 Å². The summed E-state index contributed by atoms with van der Waals surface area (Å²) >= 11 is 1.70. The first-order valence-corrected chi connectivity index (χ1v) is 11.5. The third-order valence-electron chi connectivity index (χ3n) is 5.31. The molecule has 30 heavy (non-hydrogen) atoms. The minimum Gasteiger partial charge on any atom is -0.375 e. The van der Waals surface area contributed by atoms with E-state index in [1.165, 1.54) is 5.56 Å². The Bertz CT molecular complexity index is 795. The van der Waals surface area contributed by atoms with Crippen molar-refractivity contribution in [3.63, 3.8) is 0 Å². The second kappa shape index (κ2) is 12.0. The van der Waals surface area contributed by atoms with E-state index in [9.17, 15) is 0 Å². The van der Waals surface area contributed by atoms with E-state index < -0.39 is 0 Å². The molecule has 2 fully saturated rings. The Balaban J connectivity index is 0.00000256. The Morgan fingerprint density at radius 2 is 2.07 bits per heavy atom. The summed E-state index contributed by atoms with van der Waals surface area (Å²) < 4.78 is 11.8. The lowest BCUT2D eigenvalue weighted by Crippen LogP contribution is -2.53. The Labute approximate surface area is 200 Å². The van der Waals surface area contributed by atoms with Gasteiger partial charge in [-0.05, 0) is 19.8 Å². The molecule has 2 aliphatic heterocycles. The van der Waals surface area contributed by atoms with E-state index in [0.717, 1.165) is 75.3 Å². The van der Waals surface area contributed by atoms with Crippen LogP contribution in [-0.4, -0.2) is 67.4 Å². The molecule has 0 aliphatic carbocycles. The lowest BCUT2D eigenvalue weighted by Gasteiger charge is -2.37. The van der Waals surface area contributed by atoms with E-state index >= 15 is 0 Å². The fraction of sp³-hybridized carbons (Fsp3) is 0.545. The molecular weight excluding hydrogens is 511 g/mol. The fourth-order valence-electron chi connectivity index (χ4n) is 3.83. The highest BCUT2D eigenvalue weighted by Crippen LogP contribution is 2.24. The zero-order chi connectivity index (χ0) is 19.9. The van der Waals surface area contributed by atoms with Gasteiger partial charge in [-0.15, -0.1) is 35.3 Å². The number of hydrogen-bond donors (Lipinski definition) is 1. The molecule has 4 rings (SSSR count). The van der Waals surface area contributed by atoms with Gasteiger partial charge in [-0.2, -0.15) is 0 Å². The number of rotatable bonds is 6. The number of aromatic nitrogens is 1. The first kappa shape index (κ1) is 23.4. The van der Waals surface area contributed by atoms with E-state index in [4.69, 9.17) is 19.5 Å². The largest absolute Gasteiger partial charge is 0.375 e. The zero-order valence-electron chi connectivity index (χ0n) is 17.5. The number of hydrogen-bond acceptors (Lipinski definition) is 5. The number of morpholine rings is 1. The molecule has 0 bridgehead atoms. The van der Waals surface area contributed by atoms with Crippen molar-refractivity contribution >= 4 is 41.3 Å². The monoisotopic (exact) mass is 542 g/mol. The predicted molar refractivity (Wildman–Crippen MR) is 133 cm³/mol. The molecular formula is C22H31IN4O2S. The molecule has 2 aromatic rings. The van der Waals surface area contributed by atoms with Crippen molar-refractivity contribution in [2.45, 2.75) is 38.4 Å². The topological polar surface area (TPSA) is 59.0 Å². The third-order valence-corrected chi connectivity index (χ3v) is 6.25. The molecule has 0 saturated carbocycles. The number of thiazole rings is 1. The molecule has 2 unspecified atom stereocenters. The number of nitrogens with one attached hydrogen (secondary N) is 1. The minimum absolute atomic E-state index is 0. The van der Waals surface area contributed by atoms with E-state index in [0.29, 0.717) is 0 Å². The molecule has 6 nitrogen and oxygen atoms in total. The quantitative estimate of drug-likeness (QED) is 0.342. The van der Waals surface area contributed by atoms with Crippen molar-refractivity contribution in [3.05, 3.63) is 41.4 Å². The number of halogens is 1. The Morgan fingerprint density at radius 1 is 1.23 bits per heavy atom. The van der Waals surface area contributed by atoms with Crippen LogP contribution < -0.4 is 5.32 Å². The van der Waals surface area contributed by atoms with Crippen molar-refractivity contribution < 1.29 is 9.47 Å². The summed E-state index contributed by atoms with van der Waals surface area (Å²) in [6.45, 7) is 6.98. The van der Waals surface area contributed by atoms with Crippen LogP contribution >= 0.6 is 35.3 Å². The summed E-state index contributed by atoms with van der Waals surface area (Å²) in [5.41, 5.74) is 2.28. The maximum atomic E-state index is 5.98. The van der Waals surface area contributed by atoms with Crippen LogP contribution in [0.15, 0.2) is 40.7 Å². The molecule has 2 aliphatic rings. The van der Waals surface area contributed by atoms with Crippen molar-refractivity contribution in [3.8, 4) is 10.6 Å². The molecule has 2 saturated heterocycles. The average molecular weight is 542 g/mol. The normalized spacial score (nSPS) is 22.0. The number of ether oxygens (including phenoxy) is 2. The lowest BCUT2D eigenvalue weighted by molar-refractivity contribution is -0.0817. The van der Waals surface area contributed by atoms with Gasteiger partial charge in [0.15, 0.2) is 5.96 Å². The molecule has 164 valence electrons. The smallest absolute Gasteiger partial charge is 0.194 e. The van der Waals surface area contributed by atoms with Gasteiger partial charge in [-0.1, -0.05) is 30.3 Å². The van der Waals surface area contributed by atoms with Crippen LogP contribution in [-0.2, 0) is 15.9 Å². The molecule has 8 heteroatoms. The molecule has 0 radical (unpaired) electrons. The summed E-state index contributed by atoms with van der Waals surface area (Å²) in [6, 6.07) is 10.3. The van der Waals surface area contributed by atoms with Crippen LogP contribution in [0.2, 0.25) is 0 Å². The summed E-state index contributed by atoms with van der Waals surface area (Å²) in [5, 5.41) is 6.66. The standard InChI is InChI=1S/C22H30N4O2S.HI/c1-2-23-22(26-12-14-28-20(15-26)19-9-6-13-27-19)24-11-10-18-16-29-21(25-18)17-7-4-3-5-8-17;/h3-5,7-8,16,19-20H,2,6,9-15H2,1H3,(H,23,24);1H. The van der Waals surface area contributed by atoms with Gasteiger partial charge in [0.05, 0.1) is 18.4 Å². The van der Waals surface area contributed by atoms with Gasteiger partial charge < -0.3 is 19.7 Å². The molecule has 0 amide bonds. The number of benzene rings is 1. The van der Waals surface area contributed by atoms with Gasteiger partial charge in [0, 0.05) is 50.2 Å². The van der Waals surface area contributed by atoms with Crippen LogP contribution in [0, 0.1) is 0 Å². The summed E-state index contributed by atoms with van der Waals surface area (Å²) in [5.74, 6) is 0.970. The van der Waals surface area contributed by atoms with Crippen LogP contribution in [0.1, 0.15) is 25.5 Å². The Hall–Kier alpha value is -1.23. The Morgan fingerprint density at radius 3 is 2.83 bits per heavy atom.